The number of sulfonamides is 1. The second-order valence-corrected chi connectivity index (χ2v) is 7.24. The predicted molar refractivity (Wildman–Crippen MR) is 90.0 cm³/mol. The van der Waals surface area contributed by atoms with Gasteiger partial charge in [0, 0.05) is 10.6 Å². The molecule has 23 heavy (non-hydrogen) atoms. The van der Waals surface area contributed by atoms with Crippen LogP contribution < -0.4 is 10.0 Å². The van der Waals surface area contributed by atoms with Crippen LogP contribution in [0, 0.1) is 0 Å². The first-order valence-corrected chi connectivity index (χ1v) is 8.80. The van der Waals surface area contributed by atoms with Crippen molar-refractivity contribution in [3.63, 3.8) is 0 Å². The van der Waals surface area contributed by atoms with Gasteiger partial charge in [0.15, 0.2) is 0 Å². The molecule has 2 N–H and O–H groups in total. The Balaban J connectivity index is 2.14. The molecule has 2 aromatic rings. The van der Waals surface area contributed by atoms with E-state index in [0.29, 0.717) is 10.6 Å². The van der Waals surface area contributed by atoms with Gasteiger partial charge in [-0.25, -0.2) is 13.1 Å². The summed E-state index contributed by atoms with van der Waals surface area (Å²) in [4.78, 5) is 12.4. The zero-order valence-electron chi connectivity index (χ0n) is 12.7. The lowest BCUT2D eigenvalue weighted by Gasteiger charge is -2.15. The lowest BCUT2D eigenvalue weighted by molar-refractivity contribution is 0.0940. The molecule has 1 unspecified atom stereocenters. The fraction of sp³-hybridized carbons (Fsp3) is 0.188. The summed E-state index contributed by atoms with van der Waals surface area (Å²) in [6, 6.07) is 12.7. The predicted octanol–water partition coefficient (Wildman–Crippen LogP) is 2.74. The topological polar surface area (TPSA) is 75.3 Å². The third-order valence-corrected chi connectivity index (χ3v) is 5.19. The molecule has 5 nitrogen and oxygen atoms in total. The van der Waals surface area contributed by atoms with Crippen LogP contribution in [0.25, 0.3) is 0 Å². The molecule has 0 fully saturated rings. The Morgan fingerprint density at radius 2 is 1.70 bits per heavy atom. The Morgan fingerprint density at radius 3 is 2.26 bits per heavy atom. The maximum absolute atomic E-state index is 12.3. The van der Waals surface area contributed by atoms with Crippen molar-refractivity contribution in [3.05, 3.63) is 64.7 Å². The second-order valence-electron chi connectivity index (χ2n) is 4.95. The highest BCUT2D eigenvalue weighted by molar-refractivity contribution is 7.89. The molecule has 0 aliphatic carbocycles. The van der Waals surface area contributed by atoms with E-state index in [9.17, 15) is 13.2 Å². The zero-order chi connectivity index (χ0) is 17.0. The summed E-state index contributed by atoms with van der Waals surface area (Å²) >= 11 is 6.11. The van der Waals surface area contributed by atoms with Gasteiger partial charge in [0.2, 0.25) is 10.0 Å². The first kappa shape index (κ1) is 17.5. The molecular weight excluding hydrogens is 336 g/mol. The van der Waals surface area contributed by atoms with Crippen LogP contribution in [0.5, 0.6) is 0 Å². The summed E-state index contributed by atoms with van der Waals surface area (Å²) in [5.41, 5.74) is 1.19. The van der Waals surface area contributed by atoms with Crippen molar-refractivity contribution >= 4 is 27.5 Å². The van der Waals surface area contributed by atoms with Gasteiger partial charge in [-0.15, -0.1) is 0 Å². The molecular formula is C16H17ClN2O3S. The molecule has 2 rings (SSSR count). The van der Waals surface area contributed by atoms with Crippen LogP contribution in [-0.4, -0.2) is 21.4 Å². The SMILES string of the molecule is CNS(=O)(=O)c1ccc(C(=O)NC(C)c2ccccc2Cl)cc1. The highest BCUT2D eigenvalue weighted by Crippen LogP contribution is 2.22. The number of carbonyl (C=O) groups excluding carboxylic acids is 1. The van der Waals surface area contributed by atoms with Gasteiger partial charge in [0.25, 0.3) is 5.91 Å². The Morgan fingerprint density at radius 1 is 1.09 bits per heavy atom. The molecule has 0 spiro atoms. The molecule has 122 valence electrons. The zero-order valence-corrected chi connectivity index (χ0v) is 14.3. The van der Waals surface area contributed by atoms with Gasteiger partial charge in [0.05, 0.1) is 10.9 Å². The fourth-order valence-electron chi connectivity index (χ4n) is 2.09. The average molecular weight is 353 g/mol. The van der Waals surface area contributed by atoms with Gasteiger partial charge in [-0.1, -0.05) is 29.8 Å². The van der Waals surface area contributed by atoms with Crippen molar-refractivity contribution in [3.8, 4) is 0 Å². The Bertz CT molecular complexity index is 804. The normalized spacial score (nSPS) is 12.7. The minimum absolute atomic E-state index is 0.107. The minimum Gasteiger partial charge on any atom is -0.345 e. The van der Waals surface area contributed by atoms with Crippen LogP contribution in [0.3, 0.4) is 0 Å². The third-order valence-electron chi connectivity index (χ3n) is 3.41. The van der Waals surface area contributed by atoms with E-state index in [1.54, 1.807) is 6.07 Å². The van der Waals surface area contributed by atoms with Crippen LogP contribution in [0.1, 0.15) is 28.9 Å². The van der Waals surface area contributed by atoms with Crippen molar-refractivity contribution < 1.29 is 13.2 Å². The maximum atomic E-state index is 12.3. The standard InChI is InChI=1S/C16H17ClN2O3S/c1-11(14-5-3-4-6-15(14)17)19-16(20)12-7-9-13(10-8-12)23(21,22)18-2/h3-11,18H,1-2H3,(H,19,20). The second kappa shape index (κ2) is 7.12. The van der Waals surface area contributed by atoms with Gasteiger partial charge in [0.1, 0.15) is 0 Å². The van der Waals surface area contributed by atoms with Gasteiger partial charge in [-0.05, 0) is 49.9 Å². The van der Waals surface area contributed by atoms with Crippen molar-refractivity contribution in [2.45, 2.75) is 17.9 Å². The average Bonchev–Trinajstić information content (AvgIpc) is 2.55. The highest BCUT2D eigenvalue weighted by Gasteiger charge is 2.15. The molecule has 0 heterocycles. The molecule has 7 heteroatoms. The van der Waals surface area contributed by atoms with E-state index < -0.39 is 10.0 Å². The Hall–Kier alpha value is -1.89. The molecule has 0 bridgehead atoms. The number of benzene rings is 2. The number of amides is 1. The number of carbonyl (C=O) groups is 1. The van der Waals surface area contributed by atoms with Crippen LogP contribution >= 0.6 is 11.6 Å². The third kappa shape index (κ3) is 4.10. The van der Waals surface area contributed by atoms with Crippen molar-refractivity contribution in [1.82, 2.24) is 10.0 Å². The first-order valence-electron chi connectivity index (χ1n) is 6.94. The van der Waals surface area contributed by atoms with Crippen molar-refractivity contribution in [1.29, 1.82) is 0 Å². The molecule has 1 atom stereocenters. The van der Waals surface area contributed by atoms with E-state index in [1.165, 1.54) is 31.3 Å². The molecule has 0 radical (unpaired) electrons. The summed E-state index contributed by atoms with van der Waals surface area (Å²) in [7, 11) is -2.18. The lowest BCUT2D eigenvalue weighted by atomic mass is 10.1. The highest BCUT2D eigenvalue weighted by atomic mass is 35.5. The first-order chi connectivity index (χ1) is 10.8. The molecule has 0 aromatic heterocycles. The van der Waals surface area contributed by atoms with E-state index in [1.807, 2.05) is 25.1 Å². The minimum atomic E-state index is -3.51. The number of rotatable bonds is 5. The van der Waals surface area contributed by atoms with Crippen molar-refractivity contribution in [2.24, 2.45) is 0 Å². The van der Waals surface area contributed by atoms with Gasteiger partial charge >= 0.3 is 0 Å². The molecule has 0 aliphatic rings. The fourth-order valence-corrected chi connectivity index (χ4v) is 3.12. The number of hydrogen-bond acceptors (Lipinski definition) is 3. The van der Waals surface area contributed by atoms with E-state index in [4.69, 9.17) is 11.6 Å². The summed E-state index contributed by atoms with van der Waals surface area (Å²) in [6.45, 7) is 1.83. The summed E-state index contributed by atoms with van der Waals surface area (Å²) in [6.07, 6.45) is 0. The van der Waals surface area contributed by atoms with Gasteiger partial charge in [-0.2, -0.15) is 0 Å². The van der Waals surface area contributed by atoms with E-state index in [-0.39, 0.29) is 16.8 Å². The number of hydrogen-bond donors (Lipinski definition) is 2. The van der Waals surface area contributed by atoms with Gasteiger partial charge in [-0.3, -0.25) is 4.79 Å². The maximum Gasteiger partial charge on any atom is 0.251 e. The monoisotopic (exact) mass is 352 g/mol. The van der Waals surface area contributed by atoms with Crippen LogP contribution in [0.15, 0.2) is 53.4 Å². The number of halogens is 1. The van der Waals surface area contributed by atoms with E-state index in [2.05, 4.69) is 10.0 Å². The van der Waals surface area contributed by atoms with Crippen LogP contribution in [-0.2, 0) is 10.0 Å². The molecule has 1 amide bonds. The van der Waals surface area contributed by atoms with Gasteiger partial charge < -0.3 is 5.32 Å². The largest absolute Gasteiger partial charge is 0.345 e. The number of nitrogens with one attached hydrogen (secondary N) is 2. The molecule has 0 saturated heterocycles. The summed E-state index contributed by atoms with van der Waals surface area (Å²) in [5.74, 6) is -0.300. The molecule has 2 aromatic carbocycles. The van der Waals surface area contributed by atoms with Crippen LogP contribution in [0.2, 0.25) is 5.02 Å². The van der Waals surface area contributed by atoms with E-state index in [0.717, 1.165) is 5.56 Å². The van der Waals surface area contributed by atoms with E-state index >= 15 is 0 Å². The lowest BCUT2D eigenvalue weighted by Crippen LogP contribution is -2.27. The summed E-state index contributed by atoms with van der Waals surface area (Å²) in [5, 5.41) is 3.42. The molecule has 0 saturated carbocycles. The Kier molecular flexibility index (Phi) is 5.41. The van der Waals surface area contributed by atoms with Crippen LogP contribution in [0.4, 0.5) is 0 Å². The summed E-state index contributed by atoms with van der Waals surface area (Å²) < 4.78 is 25.5. The molecule has 0 aliphatic heterocycles. The smallest absolute Gasteiger partial charge is 0.251 e. The Labute approximate surface area is 140 Å². The quantitative estimate of drug-likeness (QED) is 0.868. The van der Waals surface area contributed by atoms with Crippen molar-refractivity contribution in [2.75, 3.05) is 7.05 Å².